The number of esters is 1. The number of hydrogen-bond donors (Lipinski definition) is 1. The van der Waals surface area contributed by atoms with Crippen LogP contribution in [0.2, 0.25) is 0 Å². The third kappa shape index (κ3) is 4.67. The van der Waals surface area contributed by atoms with E-state index < -0.39 is 11.9 Å². The third-order valence-electron chi connectivity index (χ3n) is 4.31. The highest BCUT2D eigenvalue weighted by molar-refractivity contribution is 6.01. The SMILES string of the molecule is O=C(COC(=O)CCc1nnc(-c2ccccc2)o1)Nc1cccc2ncccc12. The van der Waals surface area contributed by atoms with Gasteiger partial charge in [0.25, 0.3) is 5.91 Å². The van der Waals surface area contributed by atoms with Crippen molar-refractivity contribution in [3.8, 4) is 11.5 Å². The maximum atomic E-state index is 12.1. The highest BCUT2D eigenvalue weighted by Gasteiger charge is 2.13. The first kappa shape index (κ1) is 19.3. The minimum atomic E-state index is -0.524. The van der Waals surface area contributed by atoms with Gasteiger partial charge in [-0.2, -0.15) is 0 Å². The van der Waals surface area contributed by atoms with Gasteiger partial charge >= 0.3 is 5.97 Å². The van der Waals surface area contributed by atoms with Crippen LogP contribution >= 0.6 is 0 Å². The first-order valence-electron chi connectivity index (χ1n) is 9.36. The first-order chi connectivity index (χ1) is 14.7. The topological polar surface area (TPSA) is 107 Å². The number of aryl methyl sites for hydroxylation is 1. The maximum Gasteiger partial charge on any atom is 0.306 e. The summed E-state index contributed by atoms with van der Waals surface area (Å²) in [5.74, 6) is -0.227. The second-order valence-electron chi connectivity index (χ2n) is 6.45. The summed E-state index contributed by atoms with van der Waals surface area (Å²) in [6.07, 6.45) is 1.94. The summed E-state index contributed by atoms with van der Waals surface area (Å²) >= 11 is 0. The number of rotatable bonds is 7. The highest BCUT2D eigenvalue weighted by atomic mass is 16.5. The van der Waals surface area contributed by atoms with Crippen molar-refractivity contribution < 1.29 is 18.7 Å². The van der Waals surface area contributed by atoms with Crippen molar-refractivity contribution in [3.63, 3.8) is 0 Å². The van der Waals surface area contributed by atoms with Crippen molar-refractivity contribution in [2.45, 2.75) is 12.8 Å². The normalized spacial score (nSPS) is 10.7. The van der Waals surface area contributed by atoms with Gasteiger partial charge in [0.15, 0.2) is 6.61 Å². The Hall–Kier alpha value is -4.07. The lowest BCUT2D eigenvalue weighted by Gasteiger charge is -2.08. The minimum Gasteiger partial charge on any atom is -0.456 e. The number of anilines is 1. The van der Waals surface area contributed by atoms with E-state index in [2.05, 4.69) is 20.5 Å². The van der Waals surface area contributed by atoms with Gasteiger partial charge in [-0.15, -0.1) is 10.2 Å². The number of fused-ring (bicyclic) bond motifs is 1. The van der Waals surface area contributed by atoms with Crippen LogP contribution in [-0.2, 0) is 20.7 Å². The molecule has 0 fully saturated rings. The van der Waals surface area contributed by atoms with Gasteiger partial charge in [0.2, 0.25) is 11.8 Å². The number of aromatic nitrogens is 3. The van der Waals surface area contributed by atoms with Crippen LogP contribution < -0.4 is 5.32 Å². The zero-order valence-corrected chi connectivity index (χ0v) is 15.9. The predicted molar refractivity (Wildman–Crippen MR) is 109 cm³/mol. The van der Waals surface area contributed by atoms with Gasteiger partial charge < -0.3 is 14.5 Å². The minimum absolute atomic E-state index is 0.0297. The molecule has 0 spiro atoms. The Bertz CT molecular complexity index is 1170. The van der Waals surface area contributed by atoms with Gasteiger partial charge in [0.05, 0.1) is 17.6 Å². The summed E-state index contributed by atoms with van der Waals surface area (Å²) < 4.78 is 10.6. The van der Waals surface area contributed by atoms with E-state index in [-0.39, 0.29) is 19.4 Å². The van der Waals surface area contributed by atoms with Gasteiger partial charge in [0.1, 0.15) is 0 Å². The van der Waals surface area contributed by atoms with Crippen LogP contribution in [0.1, 0.15) is 12.3 Å². The second kappa shape index (κ2) is 8.95. The summed E-state index contributed by atoms with van der Waals surface area (Å²) in [6.45, 7) is -0.380. The molecular weight excluding hydrogens is 384 g/mol. The fourth-order valence-corrected chi connectivity index (χ4v) is 2.88. The van der Waals surface area contributed by atoms with Crippen molar-refractivity contribution in [1.82, 2.24) is 15.2 Å². The molecule has 2 aromatic carbocycles. The van der Waals surface area contributed by atoms with Crippen LogP contribution in [0.5, 0.6) is 0 Å². The van der Waals surface area contributed by atoms with E-state index in [4.69, 9.17) is 9.15 Å². The number of carbonyl (C=O) groups excluding carboxylic acids is 2. The summed E-state index contributed by atoms with van der Waals surface area (Å²) in [4.78, 5) is 28.3. The number of benzene rings is 2. The number of hydrogen-bond acceptors (Lipinski definition) is 7. The van der Waals surface area contributed by atoms with Crippen molar-refractivity contribution >= 4 is 28.5 Å². The van der Waals surface area contributed by atoms with Gasteiger partial charge in [-0.25, -0.2) is 0 Å². The van der Waals surface area contributed by atoms with Gasteiger partial charge in [0, 0.05) is 23.6 Å². The molecule has 2 aromatic heterocycles. The van der Waals surface area contributed by atoms with Crippen molar-refractivity contribution in [3.05, 3.63) is 72.8 Å². The van der Waals surface area contributed by atoms with E-state index in [1.165, 1.54) is 0 Å². The Balaban J connectivity index is 1.26. The number of amides is 1. The Morgan fingerprint density at radius 2 is 1.83 bits per heavy atom. The van der Waals surface area contributed by atoms with Gasteiger partial charge in [-0.05, 0) is 36.4 Å². The van der Waals surface area contributed by atoms with Crippen molar-refractivity contribution in [2.75, 3.05) is 11.9 Å². The maximum absolute atomic E-state index is 12.1. The Morgan fingerprint density at radius 3 is 2.70 bits per heavy atom. The van der Waals surface area contributed by atoms with Crippen LogP contribution in [0, 0.1) is 0 Å². The molecular formula is C22H18N4O4. The summed E-state index contributed by atoms with van der Waals surface area (Å²) in [5, 5.41) is 11.5. The third-order valence-corrected chi connectivity index (χ3v) is 4.31. The van der Waals surface area contributed by atoms with E-state index in [1.807, 2.05) is 42.5 Å². The number of pyridine rings is 1. The molecule has 150 valence electrons. The Kier molecular flexibility index (Phi) is 5.75. The average molecular weight is 402 g/mol. The van der Waals surface area contributed by atoms with E-state index in [0.29, 0.717) is 17.5 Å². The quantitative estimate of drug-likeness (QED) is 0.472. The molecule has 4 rings (SSSR count). The smallest absolute Gasteiger partial charge is 0.306 e. The number of carbonyl (C=O) groups is 2. The molecule has 0 saturated carbocycles. The first-order valence-corrected chi connectivity index (χ1v) is 9.36. The summed E-state index contributed by atoms with van der Waals surface area (Å²) in [5.41, 5.74) is 2.18. The number of nitrogens with zero attached hydrogens (tertiary/aromatic N) is 3. The molecule has 0 aliphatic carbocycles. The van der Waals surface area contributed by atoms with E-state index in [0.717, 1.165) is 16.5 Å². The van der Waals surface area contributed by atoms with E-state index in [1.54, 1.807) is 24.4 Å². The molecule has 0 bridgehead atoms. The fourth-order valence-electron chi connectivity index (χ4n) is 2.88. The summed E-state index contributed by atoms with van der Waals surface area (Å²) in [7, 11) is 0. The van der Waals surface area contributed by atoms with Gasteiger partial charge in [-0.1, -0.05) is 24.3 Å². The lowest BCUT2D eigenvalue weighted by atomic mass is 10.2. The number of ether oxygens (including phenoxy) is 1. The van der Waals surface area contributed by atoms with E-state index in [9.17, 15) is 9.59 Å². The lowest BCUT2D eigenvalue weighted by molar-refractivity contribution is -0.147. The molecule has 8 heteroatoms. The van der Waals surface area contributed by atoms with Crippen LogP contribution in [0.4, 0.5) is 5.69 Å². The van der Waals surface area contributed by atoms with Crippen molar-refractivity contribution in [2.24, 2.45) is 0 Å². The van der Waals surface area contributed by atoms with Crippen LogP contribution in [0.15, 0.2) is 71.3 Å². The molecule has 0 saturated heterocycles. The Labute approximate surface area is 171 Å². The van der Waals surface area contributed by atoms with E-state index >= 15 is 0 Å². The number of nitrogens with one attached hydrogen (secondary N) is 1. The highest BCUT2D eigenvalue weighted by Crippen LogP contribution is 2.21. The molecule has 1 N–H and O–H groups in total. The van der Waals surface area contributed by atoms with Gasteiger partial charge in [-0.3, -0.25) is 14.6 Å². The second-order valence-corrected chi connectivity index (χ2v) is 6.45. The molecule has 2 heterocycles. The van der Waals surface area contributed by atoms with Crippen molar-refractivity contribution in [1.29, 1.82) is 0 Å². The largest absolute Gasteiger partial charge is 0.456 e. The zero-order chi connectivity index (χ0) is 20.8. The molecule has 0 atom stereocenters. The molecule has 8 nitrogen and oxygen atoms in total. The molecule has 1 amide bonds. The lowest BCUT2D eigenvalue weighted by Crippen LogP contribution is -2.21. The molecule has 0 aliphatic heterocycles. The fraction of sp³-hybridized carbons (Fsp3) is 0.136. The predicted octanol–water partition coefficient (Wildman–Crippen LogP) is 3.40. The molecule has 4 aromatic rings. The monoisotopic (exact) mass is 402 g/mol. The zero-order valence-electron chi connectivity index (χ0n) is 15.9. The van der Waals surface area contributed by atoms with Crippen LogP contribution in [-0.4, -0.2) is 33.7 Å². The molecule has 30 heavy (non-hydrogen) atoms. The molecule has 0 aliphatic rings. The van der Waals surface area contributed by atoms with Crippen LogP contribution in [0.3, 0.4) is 0 Å². The summed E-state index contributed by atoms with van der Waals surface area (Å²) in [6, 6.07) is 18.4. The molecule has 0 radical (unpaired) electrons. The standard InChI is InChI=1S/C22H18N4O4/c27-19(24-18-10-4-9-17-16(18)8-5-13-23-17)14-29-21(28)12-11-20-25-26-22(30-20)15-6-2-1-3-7-15/h1-10,13H,11-12,14H2,(H,24,27). The molecule has 0 unspecified atom stereocenters. The van der Waals surface area contributed by atoms with Crippen LogP contribution in [0.25, 0.3) is 22.4 Å². The Morgan fingerprint density at radius 1 is 0.967 bits per heavy atom. The average Bonchev–Trinajstić information content (AvgIpc) is 3.26.